The topological polar surface area (TPSA) is 0 Å². The SMILES string of the molecule is C#CC[C](SC)SC. The quantitative estimate of drug-likeness (QED) is 0.558. The van der Waals surface area contributed by atoms with Crippen LogP contribution in [0.5, 0.6) is 0 Å². The summed E-state index contributed by atoms with van der Waals surface area (Å²) in [4.78, 5) is 0. The molecule has 0 atom stereocenters. The van der Waals surface area contributed by atoms with Crippen LogP contribution in [0.25, 0.3) is 0 Å². The van der Waals surface area contributed by atoms with E-state index in [2.05, 4.69) is 5.92 Å². The van der Waals surface area contributed by atoms with E-state index >= 15 is 0 Å². The average Bonchev–Trinajstić information content (AvgIpc) is 1.83. The second-order valence-corrected chi connectivity index (χ2v) is 3.22. The first-order valence-electron chi connectivity index (χ1n) is 2.22. The monoisotopic (exact) mass is 145 g/mol. The van der Waals surface area contributed by atoms with Crippen molar-refractivity contribution in [1.82, 2.24) is 0 Å². The average molecular weight is 145 g/mol. The lowest BCUT2D eigenvalue weighted by atomic mass is 10.5. The van der Waals surface area contributed by atoms with E-state index in [0.717, 1.165) is 6.42 Å². The Labute approximate surface area is 59.8 Å². The molecule has 0 spiro atoms. The first kappa shape index (κ1) is 8.26. The zero-order valence-electron chi connectivity index (χ0n) is 5.10. The maximum Gasteiger partial charge on any atom is 0.0959 e. The van der Waals surface area contributed by atoms with E-state index < -0.39 is 0 Å². The highest BCUT2D eigenvalue weighted by Crippen LogP contribution is 2.29. The summed E-state index contributed by atoms with van der Waals surface area (Å²) >= 11 is 3.46. The first-order valence-corrected chi connectivity index (χ1v) is 4.67. The summed E-state index contributed by atoms with van der Waals surface area (Å²) in [5, 5.41) is 0. The molecule has 8 heavy (non-hydrogen) atoms. The Morgan fingerprint density at radius 1 is 1.50 bits per heavy atom. The summed E-state index contributed by atoms with van der Waals surface area (Å²) in [5.41, 5.74) is 0. The molecule has 0 saturated heterocycles. The number of rotatable bonds is 3. The van der Waals surface area contributed by atoms with Crippen molar-refractivity contribution >= 4 is 23.5 Å². The van der Waals surface area contributed by atoms with Crippen LogP contribution >= 0.6 is 23.5 Å². The first-order chi connectivity index (χ1) is 3.85. The van der Waals surface area contributed by atoms with Crippen molar-refractivity contribution in [2.24, 2.45) is 0 Å². The van der Waals surface area contributed by atoms with Gasteiger partial charge in [0.25, 0.3) is 0 Å². The van der Waals surface area contributed by atoms with Gasteiger partial charge in [-0.3, -0.25) is 0 Å². The van der Waals surface area contributed by atoms with Gasteiger partial charge in [0, 0.05) is 6.42 Å². The van der Waals surface area contributed by atoms with Crippen LogP contribution in [0, 0.1) is 16.9 Å². The lowest BCUT2D eigenvalue weighted by molar-refractivity contribution is 1.40. The molecule has 0 amide bonds. The Morgan fingerprint density at radius 2 is 2.00 bits per heavy atom. The van der Waals surface area contributed by atoms with Gasteiger partial charge >= 0.3 is 0 Å². The van der Waals surface area contributed by atoms with Crippen molar-refractivity contribution in [2.45, 2.75) is 6.42 Å². The van der Waals surface area contributed by atoms with Crippen LogP contribution < -0.4 is 0 Å². The van der Waals surface area contributed by atoms with Gasteiger partial charge in [0.05, 0.1) is 4.58 Å². The van der Waals surface area contributed by atoms with Crippen molar-refractivity contribution in [1.29, 1.82) is 0 Å². The Kier molecular flexibility index (Phi) is 5.57. The van der Waals surface area contributed by atoms with Gasteiger partial charge in [-0.05, 0) is 12.5 Å². The van der Waals surface area contributed by atoms with Gasteiger partial charge in [-0.25, -0.2) is 0 Å². The van der Waals surface area contributed by atoms with E-state index in [1.54, 1.807) is 23.5 Å². The Hall–Kier alpha value is 0.260. The van der Waals surface area contributed by atoms with E-state index in [0.29, 0.717) is 0 Å². The van der Waals surface area contributed by atoms with Crippen LogP contribution in [0.1, 0.15) is 6.42 Å². The third kappa shape index (κ3) is 3.29. The largest absolute Gasteiger partial charge is 0.144 e. The summed E-state index contributed by atoms with van der Waals surface area (Å²) in [6.07, 6.45) is 9.97. The van der Waals surface area contributed by atoms with Gasteiger partial charge in [-0.15, -0.1) is 35.9 Å². The van der Waals surface area contributed by atoms with Gasteiger partial charge in [0.15, 0.2) is 0 Å². The van der Waals surface area contributed by atoms with Crippen LogP contribution in [-0.4, -0.2) is 12.5 Å². The Bertz CT molecular complexity index is 79.0. The molecule has 0 unspecified atom stereocenters. The maximum atomic E-state index is 5.08. The van der Waals surface area contributed by atoms with E-state index in [1.165, 1.54) is 4.58 Å². The van der Waals surface area contributed by atoms with E-state index in [9.17, 15) is 0 Å². The van der Waals surface area contributed by atoms with Crippen molar-refractivity contribution in [3.8, 4) is 12.3 Å². The van der Waals surface area contributed by atoms with Gasteiger partial charge in [-0.2, -0.15) is 0 Å². The summed E-state index contributed by atoms with van der Waals surface area (Å²) in [5.74, 6) is 2.59. The van der Waals surface area contributed by atoms with Crippen LogP contribution in [-0.2, 0) is 0 Å². The number of thioether (sulfide) groups is 2. The molecule has 0 nitrogen and oxygen atoms in total. The van der Waals surface area contributed by atoms with Crippen LogP contribution in [0.2, 0.25) is 0 Å². The molecule has 0 aliphatic rings. The predicted octanol–water partition coefficient (Wildman–Crippen LogP) is 2.23. The molecule has 2 heteroatoms. The predicted molar refractivity (Wildman–Crippen MR) is 43.7 cm³/mol. The van der Waals surface area contributed by atoms with Crippen LogP contribution in [0.15, 0.2) is 0 Å². The fourth-order valence-corrected chi connectivity index (χ4v) is 1.43. The molecule has 0 aliphatic heterocycles. The molecule has 1 radical (unpaired) electrons. The molecule has 0 fully saturated rings. The molecule has 0 aliphatic carbocycles. The van der Waals surface area contributed by atoms with Crippen molar-refractivity contribution in [2.75, 3.05) is 12.5 Å². The standard InChI is InChI=1S/C6H9S2/c1-4-5-6(7-2)8-3/h1H,5H2,2-3H3. The number of hydrogen-bond acceptors (Lipinski definition) is 2. The van der Waals surface area contributed by atoms with Crippen molar-refractivity contribution in [3.05, 3.63) is 4.58 Å². The zero-order chi connectivity index (χ0) is 6.41. The normalized spacial score (nSPS) is 9.25. The van der Waals surface area contributed by atoms with Gasteiger partial charge in [0.1, 0.15) is 0 Å². The number of terminal acetylenes is 1. The van der Waals surface area contributed by atoms with E-state index in [4.69, 9.17) is 6.42 Å². The molecule has 0 aromatic rings. The van der Waals surface area contributed by atoms with Gasteiger partial charge < -0.3 is 0 Å². The summed E-state index contributed by atoms with van der Waals surface area (Å²) in [6.45, 7) is 0. The minimum atomic E-state index is 0.794. The molecule has 45 valence electrons. The minimum Gasteiger partial charge on any atom is -0.144 e. The fourth-order valence-electron chi connectivity index (χ4n) is 0.311. The zero-order valence-corrected chi connectivity index (χ0v) is 6.73. The molecule has 0 aromatic heterocycles. The molecule has 0 rings (SSSR count). The summed E-state index contributed by atoms with van der Waals surface area (Å²) in [6, 6.07) is 0. The molecule has 0 aromatic carbocycles. The third-order valence-electron chi connectivity index (χ3n) is 0.702. The number of hydrogen-bond donors (Lipinski definition) is 0. The molecular weight excluding hydrogens is 136 g/mol. The summed E-state index contributed by atoms with van der Waals surface area (Å²) in [7, 11) is 0. The third-order valence-corrected chi connectivity index (χ3v) is 2.90. The van der Waals surface area contributed by atoms with Crippen molar-refractivity contribution < 1.29 is 0 Å². The highest BCUT2D eigenvalue weighted by Gasteiger charge is 2.00. The second-order valence-electron chi connectivity index (χ2n) is 1.16. The van der Waals surface area contributed by atoms with Crippen molar-refractivity contribution in [3.63, 3.8) is 0 Å². The van der Waals surface area contributed by atoms with Gasteiger partial charge in [0.2, 0.25) is 0 Å². The smallest absolute Gasteiger partial charge is 0.0959 e. The van der Waals surface area contributed by atoms with E-state index in [1.807, 2.05) is 12.5 Å². The molecular formula is C6H9S2. The van der Waals surface area contributed by atoms with Crippen LogP contribution in [0.3, 0.4) is 0 Å². The lowest BCUT2D eigenvalue weighted by Gasteiger charge is -2.02. The molecule has 0 bridgehead atoms. The highest BCUT2D eigenvalue weighted by atomic mass is 32.2. The minimum absolute atomic E-state index is 0.794. The maximum absolute atomic E-state index is 5.08. The molecule has 0 heterocycles. The Morgan fingerprint density at radius 3 is 2.12 bits per heavy atom. The molecule has 0 N–H and O–H groups in total. The Balaban J connectivity index is 3.25. The second kappa shape index (κ2) is 5.40. The summed E-state index contributed by atoms with van der Waals surface area (Å²) < 4.78 is 1.31. The highest BCUT2D eigenvalue weighted by molar-refractivity contribution is 8.20. The van der Waals surface area contributed by atoms with Crippen LogP contribution in [0.4, 0.5) is 0 Å². The molecule has 0 saturated carbocycles. The van der Waals surface area contributed by atoms with E-state index in [-0.39, 0.29) is 0 Å². The fraction of sp³-hybridized carbons (Fsp3) is 0.500. The lowest BCUT2D eigenvalue weighted by Crippen LogP contribution is -1.79. The van der Waals surface area contributed by atoms with Gasteiger partial charge in [-0.1, -0.05) is 0 Å².